The molecule has 0 unspecified atom stereocenters. The van der Waals surface area contributed by atoms with E-state index in [0.29, 0.717) is 6.54 Å². The lowest BCUT2D eigenvalue weighted by molar-refractivity contribution is 0.753. The average Bonchev–Trinajstić information content (AvgIpc) is 2.33. The first-order valence-electron chi connectivity index (χ1n) is 4.80. The van der Waals surface area contributed by atoms with Crippen molar-refractivity contribution in [3.05, 3.63) is 64.3 Å². The molecule has 0 bridgehead atoms. The number of pyridine rings is 2. The van der Waals surface area contributed by atoms with Crippen LogP contribution in [0.2, 0.25) is 0 Å². The van der Waals surface area contributed by atoms with Crippen LogP contribution in [0.1, 0.15) is 11.1 Å². The first-order valence-corrected chi connectivity index (χ1v) is 4.80. The highest BCUT2D eigenvalue weighted by molar-refractivity contribution is 5.25. The Kier molecular flexibility index (Phi) is 2.79. The van der Waals surface area contributed by atoms with Gasteiger partial charge in [-0.25, -0.2) is 0 Å². The van der Waals surface area contributed by atoms with Crippen LogP contribution in [-0.2, 0) is 6.54 Å². The minimum Gasteiger partial charge on any atom is -0.310 e. The van der Waals surface area contributed by atoms with Crippen LogP contribution in [0.3, 0.4) is 0 Å². The zero-order valence-electron chi connectivity index (χ0n) is 8.50. The molecular formula is C12H9N3O. The van der Waals surface area contributed by atoms with Gasteiger partial charge in [0.2, 0.25) is 0 Å². The Morgan fingerprint density at radius 2 is 2.25 bits per heavy atom. The molecule has 0 aromatic carbocycles. The molecule has 0 aliphatic carbocycles. The van der Waals surface area contributed by atoms with Crippen molar-refractivity contribution in [3.63, 3.8) is 0 Å². The number of aromatic nitrogens is 2. The Balaban J connectivity index is 2.37. The van der Waals surface area contributed by atoms with Crippen LogP contribution in [0, 0.1) is 11.3 Å². The molecule has 78 valence electrons. The van der Waals surface area contributed by atoms with Gasteiger partial charge in [-0.15, -0.1) is 0 Å². The van der Waals surface area contributed by atoms with Crippen LogP contribution < -0.4 is 5.56 Å². The summed E-state index contributed by atoms with van der Waals surface area (Å²) in [6, 6.07) is 8.78. The summed E-state index contributed by atoms with van der Waals surface area (Å²) >= 11 is 0. The van der Waals surface area contributed by atoms with E-state index >= 15 is 0 Å². The van der Waals surface area contributed by atoms with Crippen LogP contribution in [0.4, 0.5) is 0 Å². The maximum absolute atomic E-state index is 11.7. The maximum atomic E-state index is 11.7. The molecular weight excluding hydrogens is 202 g/mol. The van der Waals surface area contributed by atoms with Crippen molar-refractivity contribution < 1.29 is 0 Å². The molecule has 2 aromatic heterocycles. The Hall–Kier alpha value is -2.41. The van der Waals surface area contributed by atoms with Gasteiger partial charge in [-0.1, -0.05) is 6.07 Å². The average molecular weight is 211 g/mol. The molecule has 2 heterocycles. The summed E-state index contributed by atoms with van der Waals surface area (Å²) in [4.78, 5) is 15.7. The Morgan fingerprint density at radius 3 is 2.94 bits per heavy atom. The van der Waals surface area contributed by atoms with Gasteiger partial charge in [0.1, 0.15) is 11.6 Å². The van der Waals surface area contributed by atoms with E-state index in [1.807, 2.05) is 18.2 Å². The normalized spacial score (nSPS) is 9.69. The maximum Gasteiger partial charge on any atom is 0.268 e. The van der Waals surface area contributed by atoms with E-state index in [1.165, 1.54) is 10.6 Å². The second kappa shape index (κ2) is 4.41. The minimum absolute atomic E-state index is 0.159. The first-order chi connectivity index (χ1) is 7.81. The van der Waals surface area contributed by atoms with Crippen molar-refractivity contribution in [2.75, 3.05) is 0 Å². The fraction of sp³-hybridized carbons (Fsp3) is 0.0833. The van der Waals surface area contributed by atoms with Crippen molar-refractivity contribution in [1.29, 1.82) is 5.26 Å². The molecule has 0 fully saturated rings. The molecule has 0 N–H and O–H groups in total. The second-order valence-electron chi connectivity index (χ2n) is 3.33. The lowest BCUT2D eigenvalue weighted by Crippen LogP contribution is -2.22. The van der Waals surface area contributed by atoms with Crippen LogP contribution >= 0.6 is 0 Å². The molecule has 2 rings (SSSR count). The van der Waals surface area contributed by atoms with Gasteiger partial charge in [0.15, 0.2) is 0 Å². The zero-order chi connectivity index (χ0) is 11.4. The SMILES string of the molecule is N#Cc1cccn(Cc2cccnc2)c1=O. The molecule has 0 aliphatic rings. The third-order valence-corrected chi connectivity index (χ3v) is 2.22. The van der Waals surface area contributed by atoms with Crippen molar-refractivity contribution in [2.24, 2.45) is 0 Å². The van der Waals surface area contributed by atoms with E-state index in [4.69, 9.17) is 5.26 Å². The third kappa shape index (κ3) is 1.98. The zero-order valence-corrected chi connectivity index (χ0v) is 8.50. The van der Waals surface area contributed by atoms with E-state index in [-0.39, 0.29) is 11.1 Å². The number of hydrogen-bond acceptors (Lipinski definition) is 3. The Bertz CT molecular complexity index is 581. The topological polar surface area (TPSA) is 58.7 Å². The van der Waals surface area contributed by atoms with Gasteiger partial charge in [-0.3, -0.25) is 9.78 Å². The van der Waals surface area contributed by atoms with Crippen molar-refractivity contribution in [2.45, 2.75) is 6.54 Å². The number of nitriles is 1. The van der Waals surface area contributed by atoms with Gasteiger partial charge >= 0.3 is 0 Å². The van der Waals surface area contributed by atoms with Gasteiger partial charge in [0.25, 0.3) is 5.56 Å². The summed E-state index contributed by atoms with van der Waals surface area (Å²) in [5.74, 6) is 0. The molecule has 0 radical (unpaired) electrons. The minimum atomic E-state index is -0.270. The predicted molar refractivity (Wildman–Crippen MR) is 58.8 cm³/mol. The molecule has 0 saturated heterocycles. The largest absolute Gasteiger partial charge is 0.310 e. The number of nitrogens with zero attached hydrogens (tertiary/aromatic N) is 3. The monoisotopic (exact) mass is 211 g/mol. The van der Waals surface area contributed by atoms with E-state index < -0.39 is 0 Å². The van der Waals surface area contributed by atoms with Crippen molar-refractivity contribution in [1.82, 2.24) is 9.55 Å². The fourth-order valence-electron chi connectivity index (χ4n) is 1.43. The Labute approximate surface area is 92.4 Å². The van der Waals surface area contributed by atoms with Gasteiger partial charge < -0.3 is 4.57 Å². The highest BCUT2D eigenvalue weighted by atomic mass is 16.1. The Morgan fingerprint density at radius 1 is 1.38 bits per heavy atom. The highest BCUT2D eigenvalue weighted by Gasteiger charge is 2.02. The van der Waals surface area contributed by atoms with Crippen LogP contribution in [0.15, 0.2) is 47.7 Å². The summed E-state index contributed by atoms with van der Waals surface area (Å²) in [5, 5.41) is 8.73. The van der Waals surface area contributed by atoms with E-state index in [1.54, 1.807) is 24.7 Å². The molecule has 4 nitrogen and oxygen atoms in total. The number of rotatable bonds is 2. The van der Waals surface area contributed by atoms with E-state index in [9.17, 15) is 4.79 Å². The summed E-state index contributed by atoms with van der Waals surface area (Å²) in [5.41, 5.74) is 0.819. The summed E-state index contributed by atoms with van der Waals surface area (Å²) in [6.45, 7) is 0.433. The quantitative estimate of drug-likeness (QED) is 0.749. The van der Waals surface area contributed by atoms with Crippen LogP contribution in [-0.4, -0.2) is 9.55 Å². The predicted octanol–water partition coefficient (Wildman–Crippen LogP) is 1.16. The molecule has 0 atom stereocenters. The number of hydrogen-bond donors (Lipinski definition) is 0. The van der Waals surface area contributed by atoms with E-state index in [0.717, 1.165) is 5.56 Å². The van der Waals surface area contributed by atoms with Crippen LogP contribution in [0.5, 0.6) is 0 Å². The third-order valence-electron chi connectivity index (χ3n) is 2.22. The molecule has 4 heteroatoms. The molecule has 0 aliphatic heterocycles. The molecule has 0 amide bonds. The highest BCUT2D eigenvalue weighted by Crippen LogP contribution is 1.98. The first kappa shape index (κ1) is 10.1. The summed E-state index contributed by atoms with van der Waals surface area (Å²) in [6.07, 6.45) is 5.04. The molecule has 16 heavy (non-hydrogen) atoms. The molecule has 2 aromatic rings. The van der Waals surface area contributed by atoms with Crippen molar-refractivity contribution in [3.8, 4) is 6.07 Å². The lowest BCUT2D eigenvalue weighted by Gasteiger charge is -2.04. The van der Waals surface area contributed by atoms with Gasteiger partial charge in [-0.2, -0.15) is 5.26 Å². The second-order valence-corrected chi connectivity index (χ2v) is 3.33. The van der Waals surface area contributed by atoms with Crippen LogP contribution in [0.25, 0.3) is 0 Å². The van der Waals surface area contributed by atoms with Gasteiger partial charge in [0, 0.05) is 18.6 Å². The molecule has 0 spiro atoms. The van der Waals surface area contributed by atoms with Gasteiger partial charge in [0.05, 0.1) is 6.54 Å². The summed E-state index contributed by atoms with van der Waals surface area (Å²) in [7, 11) is 0. The van der Waals surface area contributed by atoms with Gasteiger partial charge in [-0.05, 0) is 23.8 Å². The van der Waals surface area contributed by atoms with Crippen molar-refractivity contribution >= 4 is 0 Å². The fourth-order valence-corrected chi connectivity index (χ4v) is 1.43. The van der Waals surface area contributed by atoms with E-state index in [2.05, 4.69) is 4.98 Å². The standard InChI is InChI=1S/C12H9N3O/c13-7-11-4-2-6-15(12(11)16)9-10-3-1-5-14-8-10/h1-6,8H,9H2. The smallest absolute Gasteiger partial charge is 0.268 e. The summed E-state index contributed by atoms with van der Waals surface area (Å²) < 4.78 is 1.50. The molecule has 0 saturated carbocycles. The lowest BCUT2D eigenvalue weighted by atomic mass is 10.2.